The summed E-state index contributed by atoms with van der Waals surface area (Å²) in [6, 6.07) is 2.11. The Labute approximate surface area is 123 Å². The maximum absolute atomic E-state index is 12.3. The molecule has 6 nitrogen and oxygen atoms in total. The molecule has 0 spiro atoms. The van der Waals surface area contributed by atoms with Gasteiger partial charge in [0.1, 0.15) is 17.4 Å². The van der Waals surface area contributed by atoms with Crippen LogP contribution in [0.15, 0.2) is 4.42 Å². The number of nitrogens with one attached hydrogen (secondary N) is 1. The normalized spacial score (nSPS) is 18.2. The first-order valence-corrected chi connectivity index (χ1v) is 6.95. The molecular weight excluding hydrogens is 270 g/mol. The van der Waals surface area contributed by atoms with Crippen LogP contribution in [0, 0.1) is 31.1 Å². The number of aryl methyl sites for hydroxylation is 1. The molecule has 1 unspecified atom stereocenters. The van der Waals surface area contributed by atoms with Crippen LogP contribution in [0.1, 0.15) is 37.2 Å². The Bertz CT molecular complexity index is 625. The standard InChI is InChI=1S/C15H19N3O3/c1-8(2)18-7-11(5-13(18)19)14(20)17-15-12(6-16)9(3)10(4)21-15/h8,11H,5,7H2,1-4H3,(H,17,20). The minimum atomic E-state index is -0.405. The Morgan fingerprint density at radius 2 is 2.14 bits per heavy atom. The maximum Gasteiger partial charge on any atom is 0.232 e. The lowest BCUT2D eigenvalue weighted by Gasteiger charge is -2.20. The van der Waals surface area contributed by atoms with Gasteiger partial charge >= 0.3 is 0 Å². The minimum Gasteiger partial charge on any atom is -0.444 e. The molecule has 0 radical (unpaired) electrons. The van der Waals surface area contributed by atoms with Gasteiger partial charge in [-0.3, -0.25) is 14.9 Å². The molecule has 0 saturated carbocycles. The Morgan fingerprint density at radius 1 is 1.48 bits per heavy atom. The zero-order valence-electron chi connectivity index (χ0n) is 12.7. The molecule has 1 aliphatic heterocycles. The second-order valence-electron chi connectivity index (χ2n) is 5.63. The van der Waals surface area contributed by atoms with Crippen molar-refractivity contribution in [1.29, 1.82) is 5.26 Å². The number of furan rings is 1. The Hall–Kier alpha value is -2.29. The first kappa shape index (κ1) is 15.1. The van der Waals surface area contributed by atoms with E-state index in [0.29, 0.717) is 17.9 Å². The van der Waals surface area contributed by atoms with Gasteiger partial charge < -0.3 is 9.32 Å². The van der Waals surface area contributed by atoms with E-state index in [1.54, 1.807) is 18.7 Å². The van der Waals surface area contributed by atoms with Crippen molar-refractivity contribution in [3.05, 3.63) is 16.9 Å². The number of hydrogen-bond acceptors (Lipinski definition) is 4. The zero-order valence-corrected chi connectivity index (χ0v) is 12.7. The van der Waals surface area contributed by atoms with Gasteiger partial charge in [0.15, 0.2) is 0 Å². The van der Waals surface area contributed by atoms with Gasteiger partial charge in [0.25, 0.3) is 0 Å². The molecule has 112 valence electrons. The molecule has 2 rings (SSSR count). The van der Waals surface area contributed by atoms with Crippen LogP contribution in [0.3, 0.4) is 0 Å². The topological polar surface area (TPSA) is 86.3 Å². The molecule has 2 amide bonds. The van der Waals surface area contributed by atoms with Crippen molar-refractivity contribution in [2.45, 2.75) is 40.2 Å². The van der Waals surface area contributed by atoms with Crippen molar-refractivity contribution in [2.24, 2.45) is 5.92 Å². The summed E-state index contributed by atoms with van der Waals surface area (Å²) in [7, 11) is 0. The molecule has 1 aliphatic rings. The van der Waals surface area contributed by atoms with Crippen LogP contribution >= 0.6 is 0 Å². The third-order valence-electron chi connectivity index (χ3n) is 3.89. The van der Waals surface area contributed by atoms with Gasteiger partial charge in [-0.25, -0.2) is 0 Å². The third kappa shape index (κ3) is 2.77. The predicted molar refractivity (Wildman–Crippen MR) is 76.5 cm³/mol. The molecular formula is C15H19N3O3. The van der Waals surface area contributed by atoms with E-state index in [1.165, 1.54) is 0 Å². The van der Waals surface area contributed by atoms with E-state index in [-0.39, 0.29) is 30.2 Å². The van der Waals surface area contributed by atoms with Crippen LogP contribution in [0.5, 0.6) is 0 Å². The van der Waals surface area contributed by atoms with Crippen molar-refractivity contribution in [3.8, 4) is 6.07 Å². The van der Waals surface area contributed by atoms with Crippen molar-refractivity contribution >= 4 is 17.7 Å². The highest BCUT2D eigenvalue weighted by Crippen LogP contribution is 2.27. The summed E-state index contributed by atoms with van der Waals surface area (Å²) in [6.07, 6.45) is 0.199. The number of carbonyl (C=O) groups is 2. The summed E-state index contributed by atoms with van der Waals surface area (Å²) in [5.74, 6) is 0.0764. The highest BCUT2D eigenvalue weighted by atomic mass is 16.4. The second-order valence-corrected chi connectivity index (χ2v) is 5.63. The fraction of sp³-hybridized carbons (Fsp3) is 0.533. The summed E-state index contributed by atoms with van der Waals surface area (Å²) in [6.45, 7) is 7.76. The van der Waals surface area contributed by atoms with Crippen LogP contribution in [0.2, 0.25) is 0 Å². The molecule has 0 aliphatic carbocycles. The van der Waals surface area contributed by atoms with Gasteiger partial charge in [-0.15, -0.1) is 0 Å². The summed E-state index contributed by atoms with van der Waals surface area (Å²) in [5, 5.41) is 11.8. The summed E-state index contributed by atoms with van der Waals surface area (Å²) in [4.78, 5) is 25.8. The van der Waals surface area contributed by atoms with E-state index in [9.17, 15) is 9.59 Å². The highest BCUT2D eigenvalue weighted by molar-refractivity contribution is 5.97. The lowest BCUT2D eigenvalue weighted by molar-refractivity contribution is -0.129. The third-order valence-corrected chi connectivity index (χ3v) is 3.89. The molecule has 1 N–H and O–H groups in total. The fourth-order valence-electron chi connectivity index (χ4n) is 2.47. The van der Waals surface area contributed by atoms with Gasteiger partial charge in [-0.2, -0.15) is 5.26 Å². The van der Waals surface area contributed by atoms with Crippen molar-refractivity contribution in [1.82, 2.24) is 4.90 Å². The monoisotopic (exact) mass is 289 g/mol. The first-order valence-electron chi connectivity index (χ1n) is 6.95. The predicted octanol–water partition coefficient (Wildman–Crippen LogP) is 1.96. The van der Waals surface area contributed by atoms with Crippen LogP contribution in [-0.2, 0) is 9.59 Å². The molecule has 1 saturated heterocycles. The fourth-order valence-corrected chi connectivity index (χ4v) is 2.47. The Kier molecular flexibility index (Phi) is 4.03. The molecule has 1 aromatic heterocycles. The van der Waals surface area contributed by atoms with E-state index in [0.717, 1.165) is 5.56 Å². The molecule has 21 heavy (non-hydrogen) atoms. The van der Waals surface area contributed by atoms with E-state index in [4.69, 9.17) is 9.68 Å². The first-order chi connectivity index (χ1) is 9.85. The van der Waals surface area contributed by atoms with Crippen molar-refractivity contribution < 1.29 is 14.0 Å². The van der Waals surface area contributed by atoms with Gasteiger partial charge in [-0.05, 0) is 27.7 Å². The number of nitrogens with zero attached hydrogens (tertiary/aromatic N) is 2. The SMILES string of the molecule is Cc1oc(NC(=O)C2CC(=O)N(C(C)C)C2)c(C#N)c1C. The average Bonchev–Trinajstić information content (AvgIpc) is 2.92. The minimum absolute atomic E-state index is 0.0162. The number of rotatable bonds is 3. The molecule has 1 fully saturated rings. The molecule has 1 aromatic rings. The number of likely N-dealkylation sites (tertiary alicyclic amines) is 1. The summed E-state index contributed by atoms with van der Waals surface area (Å²) in [5.41, 5.74) is 1.06. The molecule has 0 bridgehead atoms. The number of carbonyl (C=O) groups excluding carboxylic acids is 2. The second kappa shape index (κ2) is 5.60. The van der Waals surface area contributed by atoms with E-state index in [2.05, 4.69) is 5.32 Å². The maximum atomic E-state index is 12.3. The van der Waals surface area contributed by atoms with Crippen molar-refractivity contribution in [3.63, 3.8) is 0 Å². The van der Waals surface area contributed by atoms with E-state index >= 15 is 0 Å². The van der Waals surface area contributed by atoms with Crippen LogP contribution in [0.4, 0.5) is 5.88 Å². The Morgan fingerprint density at radius 3 is 2.67 bits per heavy atom. The highest BCUT2D eigenvalue weighted by Gasteiger charge is 2.36. The quantitative estimate of drug-likeness (QED) is 0.921. The van der Waals surface area contributed by atoms with Crippen LogP contribution in [-0.4, -0.2) is 29.3 Å². The number of nitriles is 1. The zero-order chi connectivity index (χ0) is 15.7. The molecule has 0 aromatic carbocycles. The van der Waals surface area contributed by atoms with Crippen LogP contribution < -0.4 is 5.32 Å². The van der Waals surface area contributed by atoms with Gasteiger partial charge in [-0.1, -0.05) is 0 Å². The molecule has 1 atom stereocenters. The number of amides is 2. The van der Waals surface area contributed by atoms with Crippen molar-refractivity contribution in [2.75, 3.05) is 11.9 Å². The van der Waals surface area contributed by atoms with E-state index in [1.807, 2.05) is 19.9 Å². The molecule has 2 heterocycles. The Balaban J connectivity index is 2.12. The smallest absolute Gasteiger partial charge is 0.232 e. The number of anilines is 1. The van der Waals surface area contributed by atoms with Gasteiger partial charge in [0.05, 0.1) is 5.92 Å². The molecule has 6 heteroatoms. The lowest BCUT2D eigenvalue weighted by atomic mass is 10.1. The lowest BCUT2D eigenvalue weighted by Crippen LogP contribution is -2.33. The largest absolute Gasteiger partial charge is 0.444 e. The average molecular weight is 289 g/mol. The summed E-state index contributed by atoms with van der Waals surface area (Å²) < 4.78 is 5.41. The van der Waals surface area contributed by atoms with Crippen LogP contribution in [0.25, 0.3) is 0 Å². The van der Waals surface area contributed by atoms with E-state index < -0.39 is 5.92 Å². The van der Waals surface area contributed by atoms with Gasteiger partial charge in [0, 0.05) is 24.6 Å². The van der Waals surface area contributed by atoms with Gasteiger partial charge in [0.2, 0.25) is 17.7 Å². The summed E-state index contributed by atoms with van der Waals surface area (Å²) >= 11 is 0. The number of hydrogen-bond donors (Lipinski definition) is 1.